The maximum Gasteiger partial charge on any atom is 0.416 e. The molecule has 0 saturated carbocycles. The van der Waals surface area contributed by atoms with Crippen molar-refractivity contribution in [3.63, 3.8) is 0 Å². The van der Waals surface area contributed by atoms with Crippen LogP contribution < -0.4 is 4.90 Å². The Labute approximate surface area is 152 Å². The van der Waals surface area contributed by atoms with Crippen LogP contribution in [0.1, 0.15) is 36.8 Å². The largest absolute Gasteiger partial charge is 0.508 e. The third kappa shape index (κ3) is 4.93. The molecule has 1 N–H and O–H groups in total. The fourth-order valence-corrected chi connectivity index (χ4v) is 3.60. The van der Waals surface area contributed by atoms with Crippen LogP contribution in [0.3, 0.4) is 0 Å². The highest BCUT2D eigenvalue weighted by molar-refractivity contribution is 5.49. The summed E-state index contributed by atoms with van der Waals surface area (Å²) in [6.45, 7) is 2.02. The Balaban J connectivity index is 1.40. The molecular weight excluding hydrogens is 339 g/mol. The third-order valence-electron chi connectivity index (χ3n) is 5.19. The van der Waals surface area contributed by atoms with E-state index in [1.165, 1.54) is 12.1 Å². The first-order valence-corrected chi connectivity index (χ1v) is 9.12. The molecule has 2 aromatic rings. The fourth-order valence-electron chi connectivity index (χ4n) is 3.60. The number of hydrogen-bond acceptors (Lipinski definition) is 2. The monoisotopic (exact) mass is 363 g/mol. The van der Waals surface area contributed by atoms with Gasteiger partial charge in [-0.2, -0.15) is 13.2 Å². The van der Waals surface area contributed by atoms with E-state index in [0.717, 1.165) is 56.4 Å². The van der Waals surface area contributed by atoms with Crippen LogP contribution in [0, 0.1) is 5.92 Å². The lowest BCUT2D eigenvalue weighted by atomic mass is 9.90. The van der Waals surface area contributed by atoms with Crippen molar-refractivity contribution < 1.29 is 18.3 Å². The van der Waals surface area contributed by atoms with Gasteiger partial charge in [0.1, 0.15) is 5.75 Å². The summed E-state index contributed by atoms with van der Waals surface area (Å²) in [5.41, 5.74) is 1.54. The average Bonchev–Trinajstić information content (AvgIpc) is 2.63. The molecular formula is C21H24F3NO. The number of phenolic OH excluding ortho intramolecular Hbond substituents is 1. The van der Waals surface area contributed by atoms with Gasteiger partial charge in [0.25, 0.3) is 0 Å². The zero-order valence-electron chi connectivity index (χ0n) is 14.7. The Bertz CT molecular complexity index is 687. The normalized spacial score (nSPS) is 16.0. The Kier molecular flexibility index (Phi) is 5.74. The van der Waals surface area contributed by atoms with E-state index in [-0.39, 0.29) is 5.75 Å². The first-order valence-electron chi connectivity index (χ1n) is 9.12. The number of rotatable bonds is 5. The second-order valence-electron chi connectivity index (χ2n) is 7.03. The lowest BCUT2D eigenvalue weighted by Gasteiger charge is -2.33. The molecule has 0 atom stereocenters. The molecule has 1 saturated heterocycles. The van der Waals surface area contributed by atoms with Crippen LogP contribution in [0.5, 0.6) is 5.75 Å². The van der Waals surface area contributed by atoms with E-state index in [9.17, 15) is 18.3 Å². The SMILES string of the molecule is Oc1ccc(N2CCC(CCCc3ccc(C(F)(F)F)cc3)CC2)cc1. The number of piperidine rings is 1. The number of hydrogen-bond donors (Lipinski definition) is 1. The van der Waals surface area contributed by atoms with Gasteiger partial charge < -0.3 is 10.0 Å². The highest BCUT2D eigenvalue weighted by Crippen LogP contribution is 2.30. The van der Waals surface area contributed by atoms with Gasteiger partial charge in [-0.25, -0.2) is 0 Å². The summed E-state index contributed by atoms with van der Waals surface area (Å²) in [6.07, 6.45) is 0.960. The molecule has 2 aromatic carbocycles. The summed E-state index contributed by atoms with van der Waals surface area (Å²) in [5.74, 6) is 0.963. The van der Waals surface area contributed by atoms with Gasteiger partial charge in [-0.3, -0.25) is 0 Å². The van der Waals surface area contributed by atoms with Gasteiger partial charge in [0.15, 0.2) is 0 Å². The topological polar surface area (TPSA) is 23.5 Å². The molecule has 3 rings (SSSR count). The van der Waals surface area contributed by atoms with Crippen LogP contribution in [-0.2, 0) is 12.6 Å². The van der Waals surface area contributed by atoms with E-state index < -0.39 is 11.7 Å². The molecule has 0 spiro atoms. The molecule has 1 aliphatic heterocycles. The minimum atomic E-state index is -4.26. The van der Waals surface area contributed by atoms with Gasteiger partial charge in [-0.05, 0) is 80.0 Å². The van der Waals surface area contributed by atoms with E-state index >= 15 is 0 Å². The molecule has 5 heteroatoms. The van der Waals surface area contributed by atoms with Crippen LogP contribution in [0.4, 0.5) is 18.9 Å². The average molecular weight is 363 g/mol. The second kappa shape index (κ2) is 8.02. The van der Waals surface area contributed by atoms with Gasteiger partial charge in [-0.1, -0.05) is 12.1 Å². The van der Waals surface area contributed by atoms with Crippen molar-refractivity contribution in [2.45, 2.75) is 38.3 Å². The molecule has 1 fully saturated rings. The van der Waals surface area contributed by atoms with Gasteiger partial charge in [-0.15, -0.1) is 0 Å². The number of alkyl halides is 3. The summed E-state index contributed by atoms with van der Waals surface area (Å²) in [6, 6.07) is 12.8. The highest BCUT2D eigenvalue weighted by Gasteiger charge is 2.29. The van der Waals surface area contributed by atoms with Crippen LogP contribution in [0.15, 0.2) is 48.5 Å². The van der Waals surface area contributed by atoms with Gasteiger partial charge in [0.2, 0.25) is 0 Å². The minimum Gasteiger partial charge on any atom is -0.508 e. The number of phenols is 1. The number of aryl methyl sites for hydroxylation is 1. The molecule has 2 nitrogen and oxygen atoms in total. The molecule has 0 amide bonds. The smallest absolute Gasteiger partial charge is 0.416 e. The van der Waals surface area contributed by atoms with Gasteiger partial charge in [0, 0.05) is 18.8 Å². The van der Waals surface area contributed by atoms with Crippen molar-refractivity contribution in [2.75, 3.05) is 18.0 Å². The van der Waals surface area contributed by atoms with Crippen molar-refractivity contribution in [3.8, 4) is 5.75 Å². The maximum absolute atomic E-state index is 12.6. The first kappa shape index (κ1) is 18.6. The summed E-state index contributed by atoms with van der Waals surface area (Å²) in [7, 11) is 0. The quantitative estimate of drug-likeness (QED) is 0.742. The van der Waals surface area contributed by atoms with Gasteiger partial charge in [0.05, 0.1) is 5.56 Å². The highest BCUT2D eigenvalue weighted by atomic mass is 19.4. The summed E-state index contributed by atoms with van der Waals surface area (Å²) in [4.78, 5) is 2.34. The minimum absolute atomic E-state index is 0.284. The van der Waals surface area contributed by atoms with E-state index in [2.05, 4.69) is 4.90 Å². The van der Waals surface area contributed by atoms with E-state index in [1.54, 1.807) is 24.3 Å². The Hall–Kier alpha value is -2.17. The Morgan fingerprint density at radius 1 is 0.923 bits per heavy atom. The first-order chi connectivity index (χ1) is 12.4. The molecule has 1 aliphatic rings. The second-order valence-corrected chi connectivity index (χ2v) is 7.03. The van der Waals surface area contributed by atoms with Crippen LogP contribution in [-0.4, -0.2) is 18.2 Å². The number of benzene rings is 2. The van der Waals surface area contributed by atoms with Crippen molar-refractivity contribution in [1.82, 2.24) is 0 Å². The number of nitrogens with zero attached hydrogens (tertiary/aromatic N) is 1. The van der Waals surface area contributed by atoms with E-state index in [4.69, 9.17) is 0 Å². The van der Waals surface area contributed by atoms with Crippen LogP contribution in [0.25, 0.3) is 0 Å². The predicted octanol–water partition coefficient (Wildman–Crippen LogP) is 5.65. The molecule has 140 valence electrons. The van der Waals surface area contributed by atoms with Gasteiger partial charge >= 0.3 is 6.18 Å². The third-order valence-corrected chi connectivity index (χ3v) is 5.19. The lowest BCUT2D eigenvalue weighted by Crippen LogP contribution is -2.33. The Morgan fingerprint density at radius 3 is 2.12 bits per heavy atom. The number of aromatic hydroxyl groups is 1. The number of anilines is 1. The summed E-state index contributed by atoms with van der Waals surface area (Å²) in [5, 5.41) is 9.37. The summed E-state index contributed by atoms with van der Waals surface area (Å²) >= 11 is 0. The molecule has 0 aliphatic carbocycles. The zero-order valence-corrected chi connectivity index (χ0v) is 14.7. The van der Waals surface area contributed by atoms with Crippen LogP contribution >= 0.6 is 0 Å². The van der Waals surface area contributed by atoms with E-state index in [1.807, 2.05) is 12.1 Å². The zero-order chi connectivity index (χ0) is 18.6. The summed E-state index contributed by atoms with van der Waals surface area (Å²) < 4.78 is 37.7. The molecule has 0 radical (unpaired) electrons. The molecule has 1 heterocycles. The molecule has 0 aromatic heterocycles. The fraction of sp³-hybridized carbons (Fsp3) is 0.429. The van der Waals surface area contributed by atoms with Crippen molar-refractivity contribution >= 4 is 5.69 Å². The number of halogens is 3. The standard InChI is InChI=1S/C21H24F3NO/c22-21(23,24)18-6-4-16(5-7-18)2-1-3-17-12-14-25(15-13-17)19-8-10-20(26)11-9-19/h4-11,17,26H,1-3,12-15H2. The molecule has 0 bridgehead atoms. The molecule has 26 heavy (non-hydrogen) atoms. The van der Waals surface area contributed by atoms with Crippen molar-refractivity contribution in [3.05, 3.63) is 59.7 Å². The Morgan fingerprint density at radius 2 is 1.54 bits per heavy atom. The predicted molar refractivity (Wildman–Crippen MR) is 97.4 cm³/mol. The maximum atomic E-state index is 12.6. The lowest BCUT2D eigenvalue weighted by molar-refractivity contribution is -0.137. The van der Waals surface area contributed by atoms with Crippen LogP contribution in [0.2, 0.25) is 0 Å². The van der Waals surface area contributed by atoms with Crippen molar-refractivity contribution in [1.29, 1.82) is 0 Å². The molecule has 0 unspecified atom stereocenters. The van der Waals surface area contributed by atoms with E-state index in [0.29, 0.717) is 5.92 Å². The van der Waals surface area contributed by atoms with Crippen molar-refractivity contribution in [2.24, 2.45) is 5.92 Å².